The van der Waals surface area contributed by atoms with Crippen molar-refractivity contribution in [1.29, 1.82) is 0 Å². The summed E-state index contributed by atoms with van der Waals surface area (Å²) < 4.78 is 31.3. The summed E-state index contributed by atoms with van der Waals surface area (Å²) in [6.45, 7) is 5.52. The lowest BCUT2D eigenvalue weighted by Crippen LogP contribution is -2.50. The lowest BCUT2D eigenvalue weighted by atomic mass is 9.62. The van der Waals surface area contributed by atoms with Gasteiger partial charge < -0.3 is 39.1 Å². The van der Waals surface area contributed by atoms with Crippen molar-refractivity contribution in [3.8, 4) is 23.0 Å². The van der Waals surface area contributed by atoms with Gasteiger partial charge in [-0.05, 0) is 42.2 Å². The number of nitro groups is 2. The van der Waals surface area contributed by atoms with Crippen LogP contribution in [-0.2, 0) is 22.7 Å². The number of nitrogens with zero attached hydrogens (tertiary/aromatic N) is 2. The van der Waals surface area contributed by atoms with Crippen LogP contribution in [0.25, 0.3) is 0 Å². The van der Waals surface area contributed by atoms with Gasteiger partial charge >= 0.3 is 12.2 Å². The summed E-state index contributed by atoms with van der Waals surface area (Å²) in [5.41, 5.74) is -0.991. The first kappa shape index (κ1) is 35.5. The molecule has 1 fully saturated rings. The summed E-state index contributed by atoms with van der Waals surface area (Å²) in [6.07, 6.45) is 0.310. The fraction of sp³-hybridized carbons (Fsp3) is 0.533. The summed E-state index contributed by atoms with van der Waals surface area (Å²) >= 11 is 0. The predicted octanol–water partition coefficient (Wildman–Crippen LogP) is 5.28. The molecule has 2 amide bonds. The second-order valence-corrected chi connectivity index (χ2v) is 12.1. The zero-order valence-corrected chi connectivity index (χ0v) is 26.9. The van der Waals surface area contributed by atoms with Crippen molar-refractivity contribution in [1.82, 2.24) is 10.6 Å². The van der Waals surface area contributed by atoms with Crippen LogP contribution in [-0.4, -0.2) is 63.1 Å². The van der Waals surface area contributed by atoms with Crippen LogP contribution in [0.5, 0.6) is 23.0 Å². The maximum Gasteiger partial charge on any atom is 0.407 e. The Morgan fingerprint density at radius 3 is 1.63 bits per heavy atom. The molecule has 3 rings (SSSR count). The maximum absolute atomic E-state index is 12.8. The van der Waals surface area contributed by atoms with Gasteiger partial charge in [-0.3, -0.25) is 20.2 Å². The van der Waals surface area contributed by atoms with Gasteiger partial charge in [0.05, 0.1) is 61.5 Å². The summed E-state index contributed by atoms with van der Waals surface area (Å²) in [5.74, 6) is 0.850. The van der Waals surface area contributed by atoms with Gasteiger partial charge in [0.15, 0.2) is 23.0 Å². The first-order valence-corrected chi connectivity index (χ1v) is 14.3. The van der Waals surface area contributed by atoms with Crippen molar-refractivity contribution in [3.05, 3.63) is 55.6 Å². The molecule has 2 N–H and O–H groups in total. The normalized spacial score (nSPS) is 18.5. The summed E-state index contributed by atoms with van der Waals surface area (Å²) in [7, 11) is 5.49. The quantitative estimate of drug-likeness (QED) is 0.211. The van der Waals surface area contributed by atoms with E-state index in [2.05, 4.69) is 10.6 Å². The third kappa shape index (κ3) is 9.01. The Morgan fingerprint density at radius 1 is 0.761 bits per heavy atom. The molecule has 1 aliphatic rings. The highest BCUT2D eigenvalue weighted by molar-refractivity contribution is 5.68. The Labute approximate surface area is 265 Å². The first-order valence-electron chi connectivity index (χ1n) is 14.3. The third-order valence-electron chi connectivity index (χ3n) is 7.71. The highest BCUT2D eigenvalue weighted by Gasteiger charge is 2.42. The van der Waals surface area contributed by atoms with E-state index in [1.165, 1.54) is 52.7 Å². The third-order valence-corrected chi connectivity index (χ3v) is 7.71. The molecule has 16 heteroatoms. The number of nitro benzene ring substituents is 2. The Kier molecular flexibility index (Phi) is 11.4. The summed E-state index contributed by atoms with van der Waals surface area (Å²) in [4.78, 5) is 47.4. The topological polar surface area (TPSA) is 200 Å². The van der Waals surface area contributed by atoms with Gasteiger partial charge in [0.25, 0.3) is 11.4 Å². The van der Waals surface area contributed by atoms with Gasteiger partial charge in [-0.25, -0.2) is 9.59 Å². The number of amides is 2. The van der Waals surface area contributed by atoms with Crippen LogP contribution < -0.4 is 29.6 Å². The molecule has 0 aromatic heterocycles. The fourth-order valence-electron chi connectivity index (χ4n) is 6.09. The Balaban J connectivity index is 1.61. The molecule has 0 saturated heterocycles. The van der Waals surface area contributed by atoms with E-state index in [0.717, 1.165) is 0 Å². The van der Waals surface area contributed by atoms with Gasteiger partial charge in [-0.2, -0.15) is 0 Å². The Bertz CT molecular complexity index is 1460. The lowest BCUT2D eigenvalue weighted by Gasteiger charge is -2.46. The first-order chi connectivity index (χ1) is 21.6. The number of alkyl carbamates (subject to hydrolysis) is 2. The number of carbonyl (C=O) groups is 2. The largest absolute Gasteiger partial charge is 0.493 e. The predicted molar refractivity (Wildman–Crippen MR) is 163 cm³/mol. The average Bonchev–Trinajstić information content (AvgIpc) is 2.99. The van der Waals surface area contributed by atoms with Crippen LogP contribution in [0.4, 0.5) is 21.0 Å². The molecule has 1 saturated carbocycles. The van der Waals surface area contributed by atoms with E-state index < -0.39 is 27.4 Å². The van der Waals surface area contributed by atoms with Gasteiger partial charge in [0.2, 0.25) is 0 Å². The van der Waals surface area contributed by atoms with E-state index in [9.17, 15) is 29.8 Å². The standard InChI is InChI=1S/C30H40N4O12/c1-29(2)12-20(32-28(36)46-15-19-9-24(42-5)26(44-7)11-22(19)34(39)40)13-30(3,16-29)17-31-27(35)45-14-18-8-23(41-4)25(43-6)10-21(18)33(37)38/h8-11,20H,12-17H2,1-7H3,(H,31,35)(H,32,36). The van der Waals surface area contributed by atoms with Gasteiger partial charge in [0.1, 0.15) is 13.2 Å². The van der Waals surface area contributed by atoms with E-state index in [1.807, 2.05) is 20.8 Å². The molecule has 0 heterocycles. The van der Waals surface area contributed by atoms with E-state index >= 15 is 0 Å². The average molecular weight is 649 g/mol. The molecule has 2 atom stereocenters. The Hall–Kier alpha value is -5.02. The fourth-order valence-corrected chi connectivity index (χ4v) is 6.09. The van der Waals surface area contributed by atoms with Crippen molar-refractivity contribution < 1.29 is 47.9 Å². The monoisotopic (exact) mass is 648 g/mol. The Morgan fingerprint density at radius 2 is 1.20 bits per heavy atom. The van der Waals surface area contributed by atoms with Crippen LogP contribution >= 0.6 is 0 Å². The molecule has 1 aliphatic carbocycles. The second kappa shape index (κ2) is 14.8. The van der Waals surface area contributed by atoms with Crippen molar-refractivity contribution >= 4 is 23.6 Å². The molecule has 0 radical (unpaired) electrons. The lowest BCUT2D eigenvalue weighted by molar-refractivity contribution is -0.386. The smallest absolute Gasteiger partial charge is 0.407 e. The van der Waals surface area contributed by atoms with Gasteiger partial charge in [-0.1, -0.05) is 20.8 Å². The van der Waals surface area contributed by atoms with Gasteiger partial charge in [0, 0.05) is 12.6 Å². The number of hydrogen-bond donors (Lipinski definition) is 2. The molecule has 0 aliphatic heterocycles. The van der Waals surface area contributed by atoms with Crippen LogP contribution in [0, 0.1) is 31.1 Å². The van der Waals surface area contributed by atoms with E-state index in [4.69, 9.17) is 28.4 Å². The number of carbonyl (C=O) groups excluding carboxylic acids is 2. The molecular formula is C30H40N4O12. The maximum atomic E-state index is 12.8. The van der Waals surface area contributed by atoms with Gasteiger partial charge in [-0.15, -0.1) is 0 Å². The number of benzene rings is 2. The minimum atomic E-state index is -0.769. The number of hydrogen-bond acceptors (Lipinski definition) is 12. The highest BCUT2D eigenvalue weighted by Crippen LogP contribution is 2.46. The molecule has 0 bridgehead atoms. The van der Waals surface area contributed by atoms with Crippen LogP contribution in [0.3, 0.4) is 0 Å². The van der Waals surface area contributed by atoms with Crippen molar-refractivity contribution in [2.75, 3.05) is 35.0 Å². The molecule has 46 heavy (non-hydrogen) atoms. The van der Waals surface area contributed by atoms with Crippen molar-refractivity contribution in [3.63, 3.8) is 0 Å². The summed E-state index contributed by atoms with van der Waals surface area (Å²) in [6, 6.07) is 4.85. The molecule has 2 unspecified atom stereocenters. The molecule has 2 aromatic carbocycles. The zero-order chi connectivity index (χ0) is 34.2. The number of nitrogens with one attached hydrogen (secondary N) is 2. The molecule has 2 aromatic rings. The summed E-state index contributed by atoms with van der Waals surface area (Å²) in [5, 5.41) is 28.7. The zero-order valence-electron chi connectivity index (χ0n) is 26.9. The SMILES string of the molecule is COc1cc(COC(=O)NCC2(C)CC(NC(=O)OCc3cc(OC)c(OC)cc3[N+](=O)[O-])CC(C)(C)C2)c([N+](=O)[O-])cc1OC. The van der Waals surface area contributed by atoms with E-state index in [-0.39, 0.29) is 76.7 Å². The number of methoxy groups -OCH3 is 4. The number of rotatable bonds is 13. The van der Waals surface area contributed by atoms with Crippen molar-refractivity contribution in [2.45, 2.75) is 59.3 Å². The molecule has 252 valence electrons. The number of ether oxygens (including phenoxy) is 6. The van der Waals surface area contributed by atoms with E-state index in [1.54, 1.807) is 0 Å². The molecular weight excluding hydrogens is 608 g/mol. The van der Waals surface area contributed by atoms with Crippen LogP contribution in [0.2, 0.25) is 0 Å². The molecule has 0 spiro atoms. The van der Waals surface area contributed by atoms with Crippen molar-refractivity contribution in [2.24, 2.45) is 10.8 Å². The highest BCUT2D eigenvalue weighted by atomic mass is 16.6. The van der Waals surface area contributed by atoms with E-state index in [0.29, 0.717) is 19.3 Å². The second-order valence-electron chi connectivity index (χ2n) is 12.1. The van der Waals surface area contributed by atoms with Crippen LogP contribution in [0.15, 0.2) is 24.3 Å². The minimum Gasteiger partial charge on any atom is -0.493 e. The minimum absolute atomic E-state index is 0.129. The molecule has 16 nitrogen and oxygen atoms in total. The van der Waals surface area contributed by atoms with Crippen LogP contribution in [0.1, 0.15) is 51.2 Å².